The number of hydrogen-bond acceptors (Lipinski definition) is 6. The zero-order valence-electron chi connectivity index (χ0n) is 18.8. The number of aliphatic hydroxyl groups excluding tert-OH is 1. The third kappa shape index (κ3) is 5.22. The van der Waals surface area contributed by atoms with Crippen molar-refractivity contribution in [2.75, 3.05) is 13.7 Å². The van der Waals surface area contributed by atoms with Crippen molar-refractivity contribution in [2.45, 2.75) is 17.9 Å². The van der Waals surface area contributed by atoms with E-state index >= 15 is 0 Å². The Bertz CT molecular complexity index is 1320. The number of ether oxygens (including phenoxy) is 2. The predicted octanol–water partition coefficient (Wildman–Crippen LogP) is 3.53. The number of carbonyl (C=O) groups excluding carboxylic acids is 1. The molecule has 176 valence electrons. The van der Waals surface area contributed by atoms with E-state index in [-0.39, 0.29) is 16.2 Å². The highest BCUT2D eigenvalue weighted by molar-refractivity contribution is 7.90. The number of hydrogen-bond donors (Lipinski definition) is 1. The van der Waals surface area contributed by atoms with Gasteiger partial charge in [0, 0.05) is 17.3 Å². The summed E-state index contributed by atoms with van der Waals surface area (Å²) in [5.41, 5.74) is 0.852. The predicted molar refractivity (Wildman–Crippen MR) is 128 cm³/mol. The first-order valence-electron chi connectivity index (χ1n) is 10.5. The molecule has 0 spiro atoms. The van der Waals surface area contributed by atoms with Gasteiger partial charge in [-0.05, 0) is 49.4 Å². The highest BCUT2D eigenvalue weighted by Crippen LogP contribution is 2.30. The van der Waals surface area contributed by atoms with Crippen molar-refractivity contribution >= 4 is 16.0 Å². The van der Waals surface area contributed by atoms with Gasteiger partial charge >= 0.3 is 5.97 Å². The van der Waals surface area contributed by atoms with E-state index in [2.05, 4.69) is 18.4 Å². The topological polar surface area (TPSA) is 94.8 Å². The smallest absolute Gasteiger partial charge is 0.315 e. The third-order valence-electron chi connectivity index (χ3n) is 5.04. The second-order valence-corrected chi connectivity index (χ2v) is 8.98. The molecule has 0 fully saturated rings. The number of nitrogens with zero attached hydrogens (tertiary/aromatic N) is 1. The summed E-state index contributed by atoms with van der Waals surface area (Å²) in [6.07, 6.45) is 0.954. The van der Waals surface area contributed by atoms with Gasteiger partial charge < -0.3 is 14.6 Å². The van der Waals surface area contributed by atoms with Crippen LogP contribution >= 0.6 is 0 Å². The number of carbonyl (C=O) groups is 1. The fourth-order valence-electron chi connectivity index (χ4n) is 3.34. The number of benzene rings is 2. The average Bonchev–Trinajstić information content (AvgIpc) is 3.29. The van der Waals surface area contributed by atoms with Gasteiger partial charge in [0.05, 0.1) is 24.3 Å². The average molecular weight is 480 g/mol. The summed E-state index contributed by atoms with van der Waals surface area (Å²) in [4.78, 5) is 12.3. The molecular weight excluding hydrogens is 454 g/mol. The van der Waals surface area contributed by atoms with Crippen LogP contribution in [0, 0.1) is 17.8 Å². The summed E-state index contributed by atoms with van der Waals surface area (Å²) in [5, 5.41) is 11.1. The lowest BCUT2D eigenvalue weighted by Crippen LogP contribution is -2.26. The second-order valence-electron chi connectivity index (χ2n) is 7.17. The Kier molecular flexibility index (Phi) is 7.95. The van der Waals surface area contributed by atoms with Gasteiger partial charge in [0.25, 0.3) is 10.0 Å². The fraction of sp³-hybridized carbons (Fsp3) is 0.192. The van der Waals surface area contributed by atoms with Crippen molar-refractivity contribution in [3.8, 4) is 17.6 Å². The van der Waals surface area contributed by atoms with E-state index in [0.29, 0.717) is 17.9 Å². The van der Waals surface area contributed by atoms with Crippen LogP contribution in [0.3, 0.4) is 0 Å². The second kappa shape index (κ2) is 10.9. The minimum atomic E-state index is -4.08. The van der Waals surface area contributed by atoms with Crippen molar-refractivity contribution in [3.05, 3.63) is 96.3 Å². The van der Waals surface area contributed by atoms with Crippen LogP contribution in [0.15, 0.2) is 84.4 Å². The zero-order chi connectivity index (χ0) is 24.7. The lowest BCUT2D eigenvalue weighted by Gasteiger charge is -2.20. The molecule has 2 unspecified atom stereocenters. The van der Waals surface area contributed by atoms with Crippen molar-refractivity contribution in [2.24, 2.45) is 5.92 Å². The summed E-state index contributed by atoms with van der Waals surface area (Å²) >= 11 is 0. The van der Waals surface area contributed by atoms with Gasteiger partial charge in [-0.15, -0.1) is 6.58 Å². The normalized spacial score (nSPS) is 12.7. The molecule has 7 nitrogen and oxygen atoms in total. The Hall–Kier alpha value is -3.80. The Balaban J connectivity index is 2.12. The van der Waals surface area contributed by atoms with Crippen LogP contribution in [-0.2, 0) is 19.6 Å². The highest BCUT2D eigenvalue weighted by atomic mass is 32.2. The number of aromatic nitrogens is 1. The SMILES string of the molecule is C=CC(C(=O)OC)C(O)c1c(C#Cc2ccc(OCC)cc2)ccn1S(=O)(=O)c1ccccc1. The van der Waals surface area contributed by atoms with Gasteiger partial charge in [0.2, 0.25) is 0 Å². The van der Waals surface area contributed by atoms with Crippen LogP contribution < -0.4 is 4.74 Å². The lowest BCUT2D eigenvalue weighted by atomic mass is 9.97. The molecule has 1 N–H and O–H groups in total. The first kappa shape index (κ1) is 24.8. The number of rotatable bonds is 8. The van der Waals surface area contributed by atoms with Crippen LogP contribution in [0.5, 0.6) is 5.75 Å². The highest BCUT2D eigenvalue weighted by Gasteiger charge is 2.33. The lowest BCUT2D eigenvalue weighted by molar-refractivity contribution is -0.147. The largest absolute Gasteiger partial charge is 0.494 e. The Labute approximate surface area is 199 Å². The number of esters is 1. The van der Waals surface area contributed by atoms with Gasteiger partial charge in [-0.25, -0.2) is 12.4 Å². The quantitative estimate of drug-likeness (QED) is 0.302. The minimum absolute atomic E-state index is 0.0262. The van der Waals surface area contributed by atoms with Gasteiger partial charge in [0.15, 0.2) is 0 Å². The van der Waals surface area contributed by atoms with Crippen molar-refractivity contribution in [1.82, 2.24) is 3.97 Å². The van der Waals surface area contributed by atoms with Crippen molar-refractivity contribution in [3.63, 3.8) is 0 Å². The van der Waals surface area contributed by atoms with Gasteiger partial charge in [-0.3, -0.25) is 4.79 Å². The number of methoxy groups -OCH3 is 1. The Morgan fingerprint density at radius 1 is 1.12 bits per heavy atom. The van der Waals surface area contributed by atoms with Crippen LogP contribution in [0.2, 0.25) is 0 Å². The summed E-state index contributed by atoms with van der Waals surface area (Å²) in [6, 6.07) is 16.4. The summed E-state index contributed by atoms with van der Waals surface area (Å²) < 4.78 is 37.8. The molecule has 0 radical (unpaired) electrons. The van der Waals surface area contributed by atoms with E-state index in [4.69, 9.17) is 9.47 Å². The van der Waals surface area contributed by atoms with Crippen LogP contribution in [0.4, 0.5) is 0 Å². The molecule has 2 atom stereocenters. The van der Waals surface area contributed by atoms with Crippen LogP contribution in [0.25, 0.3) is 0 Å². The van der Waals surface area contributed by atoms with Crippen LogP contribution in [-0.4, -0.2) is 37.2 Å². The molecule has 0 aliphatic rings. The van der Waals surface area contributed by atoms with E-state index in [1.807, 2.05) is 6.92 Å². The molecule has 1 aromatic heterocycles. The summed E-state index contributed by atoms with van der Waals surface area (Å²) in [7, 11) is -2.90. The maximum absolute atomic E-state index is 13.3. The van der Waals surface area contributed by atoms with Gasteiger partial charge in [-0.1, -0.05) is 36.1 Å². The summed E-state index contributed by atoms with van der Waals surface area (Å²) in [6.45, 7) is 6.02. The molecule has 0 aliphatic carbocycles. The van der Waals surface area contributed by atoms with Crippen molar-refractivity contribution < 1.29 is 27.8 Å². The molecule has 0 aliphatic heterocycles. The van der Waals surface area contributed by atoms with Crippen LogP contribution in [0.1, 0.15) is 29.8 Å². The molecule has 0 bridgehead atoms. The number of aliphatic hydroxyl groups is 1. The fourth-order valence-corrected chi connectivity index (χ4v) is 4.75. The minimum Gasteiger partial charge on any atom is -0.494 e. The Morgan fingerprint density at radius 2 is 1.79 bits per heavy atom. The first-order chi connectivity index (χ1) is 16.3. The molecule has 0 saturated carbocycles. The monoisotopic (exact) mass is 479 g/mol. The van der Waals surface area contributed by atoms with E-state index in [1.54, 1.807) is 42.5 Å². The van der Waals surface area contributed by atoms with E-state index in [0.717, 1.165) is 3.97 Å². The Morgan fingerprint density at radius 3 is 2.38 bits per heavy atom. The third-order valence-corrected chi connectivity index (χ3v) is 6.75. The molecule has 2 aromatic carbocycles. The maximum Gasteiger partial charge on any atom is 0.315 e. The molecular formula is C26H25NO6S. The summed E-state index contributed by atoms with van der Waals surface area (Å²) in [5.74, 6) is 4.64. The molecule has 34 heavy (non-hydrogen) atoms. The molecule has 1 heterocycles. The molecule has 0 saturated heterocycles. The molecule has 0 amide bonds. The molecule has 3 rings (SSSR count). The molecule has 3 aromatic rings. The van der Waals surface area contributed by atoms with Gasteiger partial charge in [0.1, 0.15) is 17.8 Å². The van der Waals surface area contributed by atoms with E-state index in [1.165, 1.54) is 37.6 Å². The van der Waals surface area contributed by atoms with Crippen molar-refractivity contribution in [1.29, 1.82) is 0 Å². The first-order valence-corrected chi connectivity index (χ1v) is 11.9. The zero-order valence-corrected chi connectivity index (χ0v) is 19.7. The maximum atomic E-state index is 13.3. The molecule has 8 heteroatoms. The van der Waals surface area contributed by atoms with E-state index < -0.39 is 28.0 Å². The van der Waals surface area contributed by atoms with Gasteiger partial charge in [-0.2, -0.15) is 0 Å². The standard InChI is InChI=1S/C26H25NO6S/c1-4-23(26(29)32-3)25(28)24-20(14-11-19-12-15-21(16-13-19)33-5-2)17-18-27(24)34(30,31)22-9-7-6-8-10-22/h4,6-10,12-13,15-18,23,25,28H,1,5H2,2-3H3. The van der Waals surface area contributed by atoms with E-state index in [9.17, 15) is 18.3 Å².